The first-order valence-corrected chi connectivity index (χ1v) is 10.7. The van der Waals surface area contributed by atoms with Gasteiger partial charge in [0.05, 0.1) is 30.9 Å². The lowest BCUT2D eigenvalue weighted by molar-refractivity contribution is -0.304. The van der Waals surface area contributed by atoms with Crippen molar-refractivity contribution in [2.75, 3.05) is 20.2 Å². The number of ether oxygens (including phenoxy) is 4. The molecule has 3 fully saturated rings. The highest BCUT2D eigenvalue weighted by atomic mass is 16.7. The third-order valence-electron chi connectivity index (χ3n) is 6.43. The van der Waals surface area contributed by atoms with Crippen molar-refractivity contribution < 1.29 is 34.3 Å². The van der Waals surface area contributed by atoms with Gasteiger partial charge in [0.2, 0.25) is 0 Å². The first kappa shape index (κ1) is 24.2. The van der Waals surface area contributed by atoms with E-state index < -0.39 is 54.7 Å². The molecule has 30 heavy (non-hydrogen) atoms. The lowest BCUT2D eigenvalue weighted by Crippen LogP contribution is -2.66. The molecule has 1 saturated carbocycles. The van der Waals surface area contributed by atoms with Crippen molar-refractivity contribution in [3.8, 4) is 0 Å². The molecule has 176 valence electrons. The fourth-order valence-corrected chi connectivity index (χ4v) is 4.56. The molecule has 2 aliphatic heterocycles. The lowest BCUT2D eigenvalue weighted by atomic mass is 9.87. The molecule has 11 nitrogen and oxygen atoms in total. The van der Waals surface area contributed by atoms with Crippen LogP contribution in [0.4, 0.5) is 0 Å². The second kappa shape index (κ2) is 10.0. The van der Waals surface area contributed by atoms with Crippen molar-refractivity contribution in [3.63, 3.8) is 0 Å². The Morgan fingerprint density at radius 3 is 2.40 bits per heavy atom. The molecule has 10 N–H and O–H groups in total. The van der Waals surface area contributed by atoms with Gasteiger partial charge in [0, 0.05) is 12.6 Å². The Hall–Kier alpha value is -0.440. The third-order valence-corrected chi connectivity index (χ3v) is 6.43. The largest absolute Gasteiger partial charge is 0.388 e. The maximum atomic E-state index is 10.9. The minimum Gasteiger partial charge on any atom is -0.388 e. The standard InChI is InChI=1S/C19H38N4O7/c1-19(26)8-27-18(14(25)16(19)23-2)29-12-6-5-10(21)15(13(12)24)30-17-11(22)4-3-9(7-20)28-17/h9-18,23-26H,3-8,20-22H2,1-2H3/t9-,10+,11+,12-,13+,14+,15+,16+,17-,18-,19+/m0/s1. The van der Waals surface area contributed by atoms with Crippen LogP contribution in [0.5, 0.6) is 0 Å². The number of aliphatic hydroxyl groups is 3. The predicted octanol–water partition coefficient (Wildman–Crippen LogP) is -2.91. The molecule has 0 aromatic heterocycles. The highest BCUT2D eigenvalue weighted by molar-refractivity contribution is 4.99. The molecule has 2 heterocycles. The molecule has 3 aliphatic rings. The fourth-order valence-electron chi connectivity index (χ4n) is 4.56. The summed E-state index contributed by atoms with van der Waals surface area (Å²) in [5, 5.41) is 34.8. The normalized spacial score (nSPS) is 50.4. The lowest BCUT2D eigenvalue weighted by Gasteiger charge is -2.47. The SMILES string of the molecule is CN[C@@H]1[C@@H](O)[C@H](O[C@H]2CC[C@@H](N)[C@@H](O[C@@H]3O[C@H](CN)CC[C@H]3N)[C@@H]2O)OC[C@@]1(C)O. The van der Waals surface area contributed by atoms with E-state index in [9.17, 15) is 15.3 Å². The van der Waals surface area contributed by atoms with Crippen molar-refractivity contribution in [1.29, 1.82) is 0 Å². The molecule has 0 radical (unpaired) electrons. The molecule has 0 bridgehead atoms. The zero-order valence-electron chi connectivity index (χ0n) is 17.7. The van der Waals surface area contributed by atoms with Crippen LogP contribution in [0.25, 0.3) is 0 Å². The third kappa shape index (κ3) is 5.13. The van der Waals surface area contributed by atoms with Gasteiger partial charge in [-0.25, -0.2) is 0 Å². The van der Waals surface area contributed by atoms with E-state index in [4.69, 9.17) is 36.1 Å². The van der Waals surface area contributed by atoms with Crippen molar-refractivity contribution >= 4 is 0 Å². The Morgan fingerprint density at radius 1 is 1.03 bits per heavy atom. The topological polar surface area (TPSA) is 188 Å². The summed E-state index contributed by atoms with van der Waals surface area (Å²) >= 11 is 0. The van der Waals surface area contributed by atoms with Crippen molar-refractivity contribution in [2.45, 2.75) is 99.4 Å². The molecule has 0 unspecified atom stereocenters. The van der Waals surface area contributed by atoms with E-state index >= 15 is 0 Å². The minimum atomic E-state index is -1.25. The second-order valence-corrected chi connectivity index (χ2v) is 8.90. The first-order valence-electron chi connectivity index (χ1n) is 10.7. The molecule has 0 spiro atoms. The van der Waals surface area contributed by atoms with Gasteiger partial charge in [0.1, 0.15) is 23.9 Å². The fraction of sp³-hybridized carbons (Fsp3) is 1.00. The van der Waals surface area contributed by atoms with Crippen LogP contribution in [-0.2, 0) is 18.9 Å². The molecule has 0 aromatic rings. The summed E-state index contributed by atoms with van der Waals surface area (Å²) < 4.78 is 23.3. The number of aliphatic hydroxyl groups excluding tert-OH is 2. The van der Waals surface area contributed by atoms with Gasteiger partial charge in [-0.05, 0) is 39.7 Å². The average Bonchev–Trinajstić information content (AvgIpc) is 2.70. The average molecular weight is 435 g/mol. The summed E-state index contributed by atoms with van der Waals surface area (Å²) in [7, 11) is 1.64. The molecule has 1 aliphatic carbocycles. The summed E-state index contributed by atoms with van der Waals surface area (Å²) in [6, 6.07) is -1.40. The van der Waals surface area contributed by atoms with E-state index in [1.165, 1.54) is 0 Å². The smallest absolute Gasteiger partial charge is 0.185 e. The molecule has 0 amide bonds. The van der Waals surface area contributed by atoms with E-state index in [-0.39, 0.29) is 18.8 Å². The van der Waals surface area contributed by atoms with Crippen LogP contribution >= 0.6 is 0 Å². The van der Waals surface area contributed by atoms with Crippen molar-refractivity contribution in [1.82, 2.24) is 5.32 Å². The van der Waals surface area contributed by atoms with Gasteiger partial charge in [-0.15, -0.1) is 0 Å². The predicted molar refractivity (Wildman–Crippen MR) is 107 cm³/mol. The molecule has 3 rings (SSSR count). The van der Waals surface area contributed by atoms with Crippen LogP contribution < -0.4 is 22.5 Å². The van der Waals surface area contributed by atoms with Gasteiger partial charge in [-0.2, -0.15) is 0 Å². The molecular formula is C19H38N4O7. The van der Waals surface area contributed by atoms with Gasteiger partial charge in [-0.3, -0.25) is 0 Å². The van der Waals surface area contributed by atoms with E-state index in [1.807, 2.05) is 0 Å². The first-order chi connectivity index (χ1) is 14.2. The van der Waals surface area contributed by atoms with Crippen LogP contribution in [0.2, 0.25) is 0 Å². The van der Waals surface area contributed by atoms with Gasteiger partial charge < -0.3 is 56.8 Å². The van der Waals surface area contributed by atoms with E-state index in [0.717, 1.165) is 6.42 Å². The number of rotatable bonds is 6. The molecular weight excluding hydrogens is 396 g/mol. The van der Waals surface area contributed by atoms with Gasteiger partial charge in [-0.1, -0.05) is 0 Å². The Labute approximate surface area is 177 Å². The van der Waals surface area contributed by atoms with Crippen LogP contribution in [0.3, 0.4) is 0 Å². The highest BCUT2D eigenvalue weighted by Crippen LogP contribution is 2.31. The Balaban J connectivity index is 1.63. The van der Waals surface area contributed by atoms with Crippen LogP contribution in [-0.4, -0.2) is 102 Å². The summed E-state index contributed by atoms with van der Waals surface area (Å²) in [6.07, 6.45) is -2.98. The zero-order chi connectivity index (χ0) is 22.1. The van der Waals surface area contributed by atoms with Gasteiger partial charge in [0.25, 0.3) is 0 Å². The molecule has 11 heteroatoms. The number of nitrogens with one attached hydrogen (secondary N) is 1. The Morgan fingerprint density at radius 2 is 1.73 bits per heavy atom. The molecule has 0 aromatic carbocycles. The second-order valence-electron chi connectivity index (χ2n) is 8.90. The van der Waals surface area contributed by atoms with Crippen molar-refractivity contribution in [2.24, 2.45) is 17.2 Å². The highest BCUT2D eigenvalue weighted by Gasteiger charge is 2.49. The maximum absolute atomic E-state index is 10.9. The summed E-state index contributed by atoms with van der Waals surface area (Å²) in [6.45, 7) is 1.92. The van der Waals surface area contributed by atoms with Crippen LogP contribution in [0.1, 0.15) is 32.6 Å². The van der Waals surface area contributed by atoms with E-state index in [0.29, 0.717) is 25.8 Å². The summed E-state index contributed by atoms with van der Waals surface area (Å²) in [4.78, 5) is 0. The molecule has 2 saturated heterocycles. The Bertz CT molecular complexity index is 557. The van der Waals surface area contributed by atoms with Crippen molar-refractivity contribution in [3.05, 3.63) is 0 Å². The zero-order valence-corrected chi connectivity index (χ0v) is 17.7. The number of nitrogens with two attached hydrogens (primary N) is 3. The molecule has 11 atom stereocenters. The van der Waals surface area contributed by atoms with Crippen LogP contribution in [0.15, 0.2) is 0 Å². The van der Waals surface area contributed by atoms with Gasteiger partial charge in [0.15, 0.2) is 12.6 Å². The maximum Gasteiger partial charge on any atom is 0.185 e. The minimum absolute atomic E-state index is 0.0201. The van der Waals surface area contributed by atoms with Gasteiger partial charge >= 0.3 is 0 Å². The summed E-state index contributed by atoms with van der Waals surface area (Å²) in [5.74, 6) is 0. The summed E-state index contributed by atoms with van der Waals surface area (Å²) in [5.41, 5.74) is 16.8. The monoisotopic (exact) mass is 434 g/mol. The van der Waals surface area contributed by atoms with E-state index in [2.05, 4.69) is 5.32 Å². The number of hydrogen-bond donors (Lipinski definition) is 7. The van der Waals surface area contributed by atoms with Crippen LogP contribution in [0, 0.1) is 0 Å². The quantitative estimate of drug-likeness (QED) is 0.227. The van der Waals surface area contributed by atoms with E-state index in [1.54, 1.807) is 14.0 Å². The number of hydrogen-bond acceptors (Lipinski definition) is 11. The number of likely N-dealkylation sites (N-methyl/N-ethyl adjacent to an activating group) is 1. The Kier molecular flexibility index (Phi) is 8.07.